The second kappa shape index (κ2) is 5.98. The number of halogens is 1. The maximum Gasteiger partial charge on any atom is 0.266 e. The van der Waals surface area contributed by atoms with Gasteiger partial charge >= 0.3 is 0 Å². The van der Waals surface area contributed by atoms with Crippen LogP contribution in [0.1, 0.15) is 15.2 Å². The maximum atomic E-state index is 12.6. The van der Waals surface area contributed by atoms with E-state index < -0.39 is 0 Å². The van der Waals surface area contributed by atoms with Gasteiger partial charge in [-0.25, -0.2) is 4.98 Å². The molecule has 2 heterocycles. The maximum absolute atomic E-state index is 12.6. The van der Waals surface area contributed by atoms with Crippen molar-refractivity contribution in [2.24, 2.45) is 0 Å². The number of carbonyl (C=O) groups excluding carboxylic acids is 1. The van der Waals surface area contributed by atoms with E-state index in [1.807, 2.05) is 31.2 Å². The van der Waals surface area contributed by atoms with Crippen molar-refractivity contribution in [1.29, 1.82) is 0 Å². The molecule has 0 saturated heterocycles. The van der Waals surface area contributed by atoms with Crippen LogP contribution in [0.25, 0.3) is 16.0 Å². The van der Waals surface area contributed by atoms with Gasteiger partial charge in [0.05, 0.1) is 11.0 Å². The number of amides is 1. The molecule has 0 spiro atoms. The number of aromatic nitrogens is 2. The van der Waals surface area contributed by atoms with E-state index >= 15 is 0 Å². The molecule has 1 amide bonds. The Kier molecular flexibility index (Phi) is 3.78. The zero-order valence-electron chi connectivity index (χ0n) is 13.1. The highest BCUT2D eigenvalue weighted by Crippen LogP contribution is 2.24. The number of hydrogen-bond donors (Lipinski definition) is 1. The van der Waals surface area contributed by atoms with Crippen LogP contribution in [-0.4, -0.2) is 15.3 Å². The highest BCUT2D eigenvalue weighted by atomic mass is 35.5. The topological polar surface area (TPSA) is 63.5 Å². The van der Waals surface area contributed by atoms with Crippen LogP contribution in [0.2, 0.25) is 5.02 Å². The normalized spacial score (nSPS) is 11.1. The van der Waals surface area contributed by atoms with E-state index in [0.717, 1.165) is 16.6 Å². The smallest absolute Gasteiger partial charge is 0.266 e. The van der Waals surface area contributed by atoms with Crippen LogP contribution in [0, 0.1) is 6.92 Å². The van der Waals surface area contributed by atoms with Crippen LogP contribution >= 0.6 is 22.9 Å². The standard InChI is InChI=1S/C18H12ClN3O2S/c1-10-11(19)5-4-7-12(10)20-17(24)15-9-16(23)22-14-8-3-2-6-13(14)21-18(22)25-15/h2-9H,1H3,(H,20,24). The van der Waals surface area contributed by atoms with Gasteiger partial charge in [-0.2, -0.15) is 0 Å². The molecule has 4 aromatic rings. The first kappa shape index (κ1) is 15.8. The van der Waals surface area contributed by atoms with E-state index in [9.17, 15) is 9.59 Å². The summed E-state index contributed by atoms with van der Waals surface area (Å²) < 4.78 is 1.52. The Morgan fingerprint density at radius 2 is 2.00 bits per heavy atom. The van der Waals surface area contributed by atoms with Crippen LogP contribution in [0.5, 0.6) is 0 Å². The lowest BCUT2D eigenvalue weighted by Crippen LogP contribution is -2.17. The number of carbonyl (C=O) groups is 1. The molecule has 1 N–H and O–H groups in total. The first-order chi connectivity index (χ1) is 12.0. The number of hydrogen-bond acceptors (Lipinski definition) is 4. The molecule has 2 aromatic heterocycles. The number of nitrogens with one attached hydrogen (secondary N) is 1. The van der Waals surface area contributed by atoms with Gasteiger partial charge in [-0.3, -0.25) is 14.0 Å². The van der Waals surface area contributed by atoms with E-state index in [1.54, 1.807) is 18.2 Å². The Balaban J connectivity index is 1.79. The molecule has 4 rings (SSSR count). The van der Waals surface area contributed by atoms with Crippen molar-refractivity contribution in [3.63, 3.8) is 0 Å². The Morgan fingerprint density at radius 3 is 2.84 bits per heavy atom. The predicted octanol–water partition coefficient (Wildman–Crippen LogP) is 4.12. The lowest BCUT2D eigenvalue weighted by molar-refractivity contribution is 0.103. The minimum Gasteiger partial charge on any atom is -0.321 e. The first-order valence-corrected chi connectivity index (χ1v) is 8.72. The van der Waals surface area contributed by atoms with Crippen molar-refractivity contribution < 1.29 is 4.79 Å². The molecule has 124 valence electrons. The second-order valence-corrected chi connectivity index (χ2v) is 6.95. The number of fused-ring (bicyclic) bond motifs is 3. The van der Waals surface area contributed by atoms with Crippen molar-refractivity contribution in [3.05, 3.63) is 74.3 Å². The average Bonchev–Trinajstić information content (AvgIpc) is 2.97. The van der Waals surface area contributed by atoms with Crippen molar-refractivity contribution in [2.45, 2.75) is 6.92 Å². The molecule has 0 saturated carbocycles. The molecule has 0 aliphatic rings. The number of anilines is 1. The fraction of sp³-hybridized carbons (Fsp3) is 0.0556. The molecule has 0 radical (unpaired) electrons. The van der Waals surface area contributed by atoms with Crippen molar-refractivity contribution in [1.82, 2.24) is 9.38 Å². The summed E-state index contributed by atoms with van der Waals surface area (Å²) in [6, 6.07) is 14.0. The van der Waals surface area contributed by atoms with E-state index in [-0.39, 0.29) is 11.5 Å². The molecule has 2 aromatic carbocycles. The molecule has 5 nitrogen and oxygen atoms in total. The molecule has 0 bridgehead atoms. The monoisotopic (exact) mass is 369 g/mol. The van der Waals surface area contributed by atoms with Crippen molar-refractivity contribution in [3.8, 4) is 0 Å². The molecule has 0 aliphatic heterocycles. The fourth-order valence-corrected chi connectivity index (χ4v) is 3.73. The SMILES string of the molecule is Cc1c(Cl)cccc1NC(=O)c1cc(=O)n2c(nc3ccccc32)s1. The van der Waals surface area contributed by atoms with Gasteiger partial charge in [-0.15, -0.1) is 0 Å². The van der Waals surface area contributed by atoms with Gasteiger partial charge in [-0.05, 0) is 36.8 Å². The third kappa shape index (κ3) is 2.69. The Morgan fingerprint density at radius 1 is 1.20 bits per heavy atom. The minimum absolute atomic E-state index is 0.282. The van der Waals surface area contributed by atoms with Gasteiger partial charge in [0.15, 0.2) is 4.96 Å². The van der Waals surface area contributed by atoms with Gasteiger partial charge < -0.3 is 5.32 Å². The quantitative estimate of drug-likeness (QED) is 0.578. The summed E-state index contributed by atoms with van der Waals surface area (Å²) in [6.07, 6.45) is 0. The summed E-state index contributed by atoms with van der Waals surface area (Å²) in [7, 11) is 0. The zero-order valence-corrected chi connectivity index (χ0v) is 14.7. The second-order valence-electron chi connectivity index (χ2n) is 5.53. The number of rotatable bonds is 2. The van der Waals surface area contributed by atoms with Crippen molar-refractivity contribution in [2.75, 3.05) is 5.32 Å². The summed E-state index contributed by atoms with van der Waals surface area (Å²) in [5.41, 5.74) is 2.56. The third-order valence-corrected chi connectivity index (χ3v) is 5.33. The van der Waals surface area contributed by atoms with Gasteiger partial charge in [0.1, 0.15) is 4.88 Å². The first-order valence-electron chi connectivity index (χ1n) is 7.52. The van der Waals surface area contributed by atoms with E-state index in [0.29, 0.717) is 20.5 Å². The molecule has 0 atom stereocenters. The number of benzene rings is 2. The summed E-state index contributed by atoms with van der Waals surface area (Å²) in [5, 5.41) is 3.37. The van der Waals surface area contributed by atoms with Crippen LogP contribution in [0.15, 0.2) is 53.3 Å². The Hall–Kier alpha value is -2.70. The lowest BCUT2D eigenvalue weighted by atomic mass is 10.2. The predicted molar refractivity (Wildman–Crippen MR) is 101 cm³/mol. The molecular weight excluding hydrogens is 358 g/mol. The lowest BCUT2D eigenvalue weighted by Gasteiger charge is -2.09. The fourth-order valence-electron chi connectivity index (χ4n) is 2.63. The third-order valence-electron chi connectivity index (χ3n) is 3.95. The Bertz CT molecular complexity index is 1200. The average molecular weight is 370 g/mol. The number of imidazole rings is 1. The highest BCUT2D eigenvalue weighted by molar-refractivity contribution is 7.18. The molecule has 0 fully saturated rings. The number of nitrogens with zero attached hydrogens (tertiary/aromatic N) is 2. The highest BCUT2D eigenvalue weighted by Gasteiger charge is 2.15. The van der Waals surface area contributed by atoms with Crippen molar-refractivity contribution >= 4 is 50.5 Å². The van der Waals surface area contributed by atoms with Crippen LogP contribution in [-0.2, 0) is 0 Å². The van der Waals surface area contributed by atoms with Gasteiger partial charge in [0.2, 0.25) is 0 Å². The minimum atomic E-state index is -0.359. The number of para-hydroxylation sites is 2. The zero-order chi connectivity index (χ0) is 17.6. The Labute approximate surface area is 151 Å². The molecule has 0 unspecified atom stereocenters. The summed E-state index contributed by atoms with van der Waals surface area (Å²) in [6.45, 7) is 1.82. The van der Waals surface area contributed by atoms with E-state index in [4.69, 9.17) is 11.6 Å². The molecular formula is C18H12ClN3O2S. The molecule has 25 heavy (non-hydrogen) atoms. The van der Waals surface area contributed by atoms with Gasteiger partial charge in [0, 0.05) is 16.8 Å². The van der Waals surface area contributed by atoms with Gasteiger partial charge in [0.25, 0.3) is 11.5 Å². The van der Waals surface area contributed by atoms with E-state index in [1.165, 1.54) is 21.8 Å². The van der Waals surface area contributed by atoms with Gasteiger partial charge in [-0.1, -0.05) is 41.1 Å². The summed E-state index contributed by atoms with van der Waals surface area (Å²) in [4.78, 5) is 30.3. The summed E-state index contributed by atoms with van der Waals surface area (Å²) in [5.74, 6) is -0.359. The van der Waals surface area contributed by atoms with E-state index in [2.05, 4.69) is 10.3 Å². The van der Waals surface area contributed by atoms with Crippen LogP contribution in [0.4, 0.5) is 5.69 Å². The molecule has 0 aliphatic carbocycles. The summed E-state index contributed by atoms with van der Waals surface area (Å²) >= 11 is 7.25. The molecule has 7 heteroatoms. The largest absolute Gasteiger partial charge is 0.321 e. The van der Waals surface area contributed by atoms with Crippen LogP contribution < -0.4 is 10.9 Å². The van der Waals surface area contributed by atoms with Crippen LogP contribution in [0.3, 0.4) is 0 Å².